The van der Waals surface area contributed by atoms with E-state index < -0.39 is 0 Å². The molecule has 5 nitrogen and oxygen atoms in total. The molecule has 0 radical (unpaired) electrons. The van der Waals surface area contributed by atoms with E-state index in [1.807, 2.05) is 30.3 Å². The van der Waals surface area contributed by atoms with E-state index in [0.717, 1.165) is 5.75 Å². The number of hydrogen-bond acceptors (Lipinski definition) is 5. The van der Waals surface area contributed by atoms with Crippen LogP contribution in [0.3, 0.4) is 0 Å². The molecule has 0 amide bonds. The van der Waals surface area contributed by atoms with Crippen LogP contribution in [0.15, 0.2) is 67.1 Å². The van der Waals surface area contributed by atoms with Crippen molar-refractivity contribution in [2.75, 3.05) is 12.4 Å². The van der Waals surface area contributed by atoms with E-state index >= 15 is 0 Å². The molecule has 0 bridgehead atoms. The highest BCUT2D eigenvalue weighted by Crippen LogP contribution is 2.22. The molecule has 0 spiro atoms. The van der Waals surface area contributed by atoms with Gasteiger partial charge in [-0.05, 0) is 36.4 Å². The number of para-hydroxylation sites is 1. The molecule has 0 aliphatic rings. The fraction of sp³-hybridized carbons (Fsp3) is 0.0556. The van der Waals surface area contributed by atoms with E-state index in [-0.39, 0.29) is 5.78 Å². The first-order valence-electron chi connectivity index (χ1n) is 7.13. The highest BCUT2D eigenvalue weighted by atomic mass is 16.5. The molecule has 3 rings (SSSR count). The van der Waals surface area contributed by atoms with Gasteiger partial charge >= 0.3 is 0 Å². The van der Waals surface area contributed by atoms with E-state index in [4.69, 9.17) is 4.74 Å². The van der Waals surface area contributed by atoms with Gasteiger partial charge in [0.05, 0.1) is 5.56 Å². The van der Waals surface area contributed by atoms with Gasteiger partial charge in [-0.25, -0.2) is 9.97 Å². The minimum Gasteiger partial charge on any atom is -0.457 e. The number of aromatic nitrogens is 2. The Balaban J connectivity index is 1.80. The predicted octanol–water partition coefficient (Wildman–Crippen LogP) is 3.54. The van der Waals surface area contributed by atoms with Crippen LogP contribution in [0.2, 0.25) is 0 Å². The zero-order chi connectivity index (χ0) is 16.1. The molecule has 23 heavy (non-hydrogen) atoms. The number of hydrogen-bond donors (Lipinski definition) is 1. The van der Waals surface area contributed by atoms with Crippen molar-refractivity contribution < 1.29 is 9.53 Å². The third-order valence-electron chi connectivity index (χ3n) is 3.29. The molecule has 0 aliphatic heterocycles. The van der Waals surface area contributed by atoms with Crippen LogP contribution >= 0.6 is 0 Å². The van der Waals surface area contributed by atoms with Crippen molar-refractivity contribution >= 4 is 11.6 Å². The van der Waals surface area contributed by atoms with Gasteiger partial charge in [0.1, 0.15) is 23.6 Å². The zero-order valence-corrected chi connectivity index (χ0v) is 12.6. The van der Waals surface area contributed by atoms with Crippen LogP contribution in [0.1, 0.15) is 15.9 Å². The van der Waals surface area contributed by atoms with Gasteiger partial charge in [0, 0.05) is 18.8 Å². The van der Waals surface area contributed by atoms with Crippen molar-refractivity contribution in [3.63, 3.8) is 0 Å². The van der Waals surface area contributed by atoms with Crippen LogP contribution in [0.5, 0.6) is 11.5 Å². The topological polar surface area (TPSA) is 64.1 Å². The standard InChI is InChI=1S/C18H15N3O2/c1-19-18-16(11-20-12-21-18)17(22)13-7-9-15(10-8-13)23-14-5-3-2-4-6-14/h2-12H,1H3,(H,19,20,21). The average Bonchev–Trinajstić information content (AvgIpc) is 2.62. The molecule has 1 N–H and O–H groups in total. The molecule has 0 fully saturated rings. The Morgan fingerprint density at radius 2 is 1.70 bits per heavy atom. The second-order valence-electron chi connectivity index (χ2n) is 4.80. The molecule has 3 aromatic rings. The maximum Gasteiger partial charge on any atom is 0.198 e. The molecule has 2 aromatic carbocycles. The SMILES string of the molecule is CNc1ncncc1C(=O)c1ccc(Oc2ccccc2)cc1. The third kappa shape index (κ3) is 3.35. The first-order chi connectivity index (χ1) is 11.3. The normalized spacial score (nSPS) is 10.1. The first kappa shape index (κ1) is 14.7. The van der Waals surface area contributed by atoms with Crippen molar-refractivity contribution in [3.8, 4) is 11.5 Å². The summed E-state index contributed by atoms with van der Waals surface area (Å²) in [6.45, 7) is 0. The first-order valence-corrected chi connectivity index (χ1v) is 7.13. The molecule has 0 aliphatic carbocycles. The molecule has 0 saturated heterocycles. The Morgan fingerprint density at radius 3 is 2.39 bits per heavy atom. The lowest BCUT2D eigenvalue weighted by atomic mass is 10.1. The average molecular weight is 305 g/mol. The number of nitrogens with zero attached hydrogens (tertiary/aromatic N) is 2. The van der Waals surface area contributed by atoms with E-state index in [0.29, 0.717) is 22.7 Å². The Bertz CT molecular complexity index is 802. The Morgan fingerprint density at radius 1 is 1.00 bits per heavy atom. The van der Waals surface area contributed by atoms with Gasteiger partial charge in [-0.2, -0.15) is 0 Å². The summed E-state index contributed by atoms with van der Waals surface area (Å²) in [5, 5.41) is 2.89. The van der Waals surface area contributed by atoms with Crippen LogP contribution in [-0.4, -0.2) is 22.8 Å². The van der Waals surface area contributed by atoms with Crippen molar-refractivity contribution in [3.05, 3.63) is 78.2 Å². The fourth-order valence-corrected chi connectivity index (χ4v) is 2.15. The van der Waals surface area contributed by atoms with E-state index in [1.54, 1.807) is 31.3 Å². The molecular weight excluding hydrogens is 290 g/mol. The lowest BCUT2D eigenvalue weighted by Gasteiger charge is -2.08. The minimum atomic E-state index is -0.138. The van der Waals surface area contributed by atoms with Gasteiger partial charge in [0.2, 0.25) is 0 Å². The van der Waals surface area contributed by atoms with Crippen molar-refractivity contribution in [2.45, 2.75) is 0 Å². The van der Waals surface area contributed by atoms with Gasteiger partial charge < -0.3 is 10.1 Å². The van der Waals surface area contributed by atoms with Crippen molar-refractivity contribution in [1.82, 2.24) is 9.97 Å². The molecule has 0 atom stereocenters. The number of benzene rings is 2. The summed E-state index contributed by atoms with van der Waals surface area (Å²) in [4.78, 5) is 20.5. The summed E-state index contributed by atoms with van der Waals surface area (Å²) >= 11 is 0. The lowest BCUT2D eigenvalue weighted by Crippen LogP contribution is -2.07. The summed E-state index contributed by atoms with van der Waals surface area (Å²) in [6.07, 6.45) is 2.91. The van der Waals surface area contributed by atoms with Crippen LogP contribution in [0.4, 0.5) is 5.82 Å². The molecule has 0 saturated carbocycles. The number of anilines is 1. The van der Waals surface area contributed by atoms with Gasteiger partial charge in [-0.1, -0.05) is 18.2 Å². The van der Waals surface area contributed by atoms with Crippen LogP contribution in [-0.2, 0) is 0 Å². The number of nitrogens with one attached hydrogen (secondary N) is 1. The summed E-state index contributed by atoms with van der Waals surface area (Å²) in [6, 6.07) is 16.5. The summed E-state index contributed by atoms with van der Waals surface area (Å²) in [7, 11) is 1.72. The number of carbonyl (C=O) groups is 1. The molecule has 1 aromatic heterocycles. The monoisotopic (exact) mass is 305 g/mol. The summed E-state index contributed by atoms with van der Waals surface area (Å²) < 4.78 is 5.72. The zero-order valence-electron chi connectivity index (χ0n) is 12.6. The summed E-state index contributed by atoms with van der Waals surface area (Å²) in [5.74, 6) is 1.79. The minimum absolute atomic E-state index is 0.138. The largest absolute Gasteiger partial charge is 0.457 e. The van der Waals surface area contributed by atoms with Crippen LogP contribution < -0.4 is 10.1 Å². The smallest absolute Gasteiger partial charge is 0.198 e. The van der Waals surface area contributed by atoms with E-state index in [2.05, 4.69) is 15.3 Å². The van der Waals surface area contributed by atoms with Crippen LogP contribution in [0.25, 0.3) is 0 Å². The van der Waals surface area contributed by atoms with Crippen molar-refractivity contribution in [1.29, 1.82) is 0 Å². The molecule has 0 unspecified atom stereocenters. The van der Waals surface area contributed by atoms with Crippen LogP contribution in [0, 0.1) is 0 Å². The van der Waals surface area contributed by atoms with Crippen molar-refractivity contribution in [2.24, 2.45) is 0 Å². The summed E-state index contributed by atoms with van der Waals surface area (Å²) in [5.41, 5.74) is 0.989. The number of rotatable bonds is 5. The maximum absolute atomic E-state index is 12.5. The molecule has 114 valence electrons. The number of carbonyl (C=O) groups excluding carboxylic acids is 1. The molecular formula is C18H15N3O2. The second kappa shape index (κ2) is 6.70. The highest BCUT2D eigenvalue weighted by Gasteiger charge is 2.14. The fourth-order valence-electron chi connectivity index (χ4n) is 2.15. The quantitative estimate of drug-likeness (QED) is 0.730. The van der Waals surface area contributed by atoms with Gasteiger partial charge in [0.25, 0.3) is 0 Å². The molecule has 5 heteroatoms. The predicted molar refractivity (Wildman–Crippen MR) is 88.0 cm³/mol. The highest BCUT2D eigenvalue weighted by molar-refractivity contribution is 6.11. The maximum atomic E-state index is 12.5. The Hall–Kier alpha value is -3.21. The second-order valence-corrected chi connectivity index (χ2v) is 4.80. The Labute approximate surface area is 134 Å². The van der Waals surface area contributed by atoms with Gasteiger partial charge in [-0.15, -0.1) is 0 Å². The lowest BCUT2D eigenvalue weighted by molar-refractivity contribution is 0.103. The Kier molecular flexibility index (Phi) is 4.29. The van der Waals surface area contributed by atoms with Gasteiger partial charge in [-0.3, -0.25) is 4.79 Å². The van der Waals surface area contributed by atoms with E-state index in [9.17, 15) is 4.79 Å². The van der Waals surface area contributed by atoms with Gasteiger partial charge in [0.15, 0.2) is 5.78 Å². The third-order valence-corrected chi connectivity index (χ3v) is 3.29. The molecule has 1 heterocycles. The number of ether oxygens (including phenoxy) is 1. The van der Waals surface area contributed by atoms with E-state index in [1.165, 1.54) is 12.5 Å². The number of ketones is 1.